The minimum Gasteiger partial charge on any atom is -0.368 e. The number of aryl methyl sites for hydroxylation is 1. The second kappa shape index (κ2) is 5.63. The molecule has 0 amide bonds. The van der Waals surface area contributed by atoms with E-state index in [1.54, 1.807) is 13.1 Å². The number of halogens is 1. The van der Waals surface area contributed by atoms with Crippen LogP contribution in [-0.4, -0.2) is 31.5 Å². The third-order valence-electron chi connectivity index (χ3n) is 2.23. The molecule has 0 aliphatic rings. The summed E-state index contributed by atoms with van der Waals surface area (Å²) in [5, 5.41) is 3.01. The van der Waals surface area contributed by atoms with Crippen LogP contribution < -0.4 is 5.32 Å². The lowest BCUT2D eigenvalue weighted by atomic mass is 10.3. The molecule has 0 atom stereocenters. The molecule has 16 heavy (non-hydrogen) atoms. The number of aromatic nitrogens is 1. The summed E-state index contributed by atoms with van der Waals surface area (Å²) in [6.45, 7) is 3.99. The summed E-state index contributed by atoms with van der Waals surface area (Å²) in [4.78, 5) is 4.13. The topological polar surface area (TPSA) is 59.1 Å². The molecule has 1 heterocycles. The van der Waals surface area contributed by atoms with E-state index in [4.69, 9.17) is 0 Å². The third-order valence-corrected chi connectivity index (χ3v) is 4.93. The molecule has 4 nitrogen and oxygen atoms in total. The van der Waals surface area contributed by atoms with Crippen molar-refractivity contribution in [3.8, 4) is 0 Å². The van der Waals surface area contributed by atoms with Crippen molar-refractivity contribution in [1.29, 1.82) is 0 Å². The van der Waals surface area contributed by atoms with Crippen LogP contribution in [0.25, 0.3) is 0 Å². The van der Waals surface area contributed by atoms with Crippen molar-refractivity contribution in [1.82, 2.24) is 4.98 Å². The fourth-order valence-corrected chi connectivity index (χ4v) is 2.21. The van der Waals surface area contributed by atoms with Crippen molar-refractivity contribution >= 4 is 31.6 Å². The van der Waals surface area contributed by atoms with Crippen LogP contribution in [0.15, 0.2) is 16.7 Å². The number of nitrogens with one attached hydrogen (secondary N) is 1. The molecule has 0 spiro atoms. The molecule has 1 aromatic rings. The van der Waals surface area contributed by atoms with Crippen LogP contribution in [0.1, 0.15) is 12.5 Å². The van der Waals surface area contributed by atoms with Gasteiger partial charge in [-0.3, -0.25) is 0 Å². The van der Waals surface area contributed by atoms with Crippen LogP contribution in [0.2, 0.25) is 0 Å². The van der Waals surface area contributed by atoms with Gasteiger partial charge in [-0.1, -0.05) is 6.92 Å². The van der Waals surface area contributed by atoms with Gasteiger partial charge >= 0.3 is 0 Å². The fraction of sp³-hybridized carbons (Fsp3) is 0.500. The Morgan fingerprint density at radius 1 is 1.50 bits per heavy atom. The number of pyridine rings is 1. The zero-order valence-corrected chi connectivity index (χ0v) is 11.7. The first kappa shape index (κ1) is 13.4. The van der Waals surface area contributed by atoms with Gasteiger partial charge in [0.05, 0.1) is 10.2 Å². The zero-order valence-electron chi connectivity index (χ0n) is 9.33. The largest absolute Gasteiger partial charge is 0.368 e. The van der Waals surface area contributed by atoms with Gasteiger partial charge < -0.3 is 5.32 Å². The Hall–Kier alpha value is -0.620. The zero-order chi connectivity index (χ0) is 12.2. The van der Waals surface area contributed by atoms with Crippen LogP contribution in [0.4, 0.5) is 5.82 Å². The van der Waals surface area contributed by atoms with E-state index in [0.717, 1.165) is 10.0 Å². The minimum absolute atomic E-state index is 0.131. The molecule has 0 saturated heterocycles. The number of anilines is 1. The molecule has 0 unspecified atom stereocenters. The number of hydrogen-bond donors (Lipinski definition) is 1. The van der Waals surface area contributed by atoms with Gasteiger partial charge in [0.2, 0.25) is 0 Å². The molecule has 0 fully saturated rings. The summed E-state index contributed by atoms with van der Waals surface area (Å²) in [6, 6.07) is 1.89. The lowest BCUT2D eigenvalue weighted by molar-refractivity contribution is 0.597. The Balaban J connectivity index is 2.59. The Morgan fingerprint density at radius 2 is 2.19 bits per heavy atom. The number of sulfone groups is 1. The van der Waals surface area contributed by atoms with Crippen LogP contribution in [0, 0.1) is 6.92 Å². The van der Waals surface area contributed by atoms with Crippen LogP contribution in [0.5, 0.6) is 0 Å². The lowest BCUT2D eigenvalue weighted by Crippen LogP contribution is -2.17. The van der Waals surface area contributed by atoms with Crippen molar-refractivity contribution in [2.24, 2.45) is 0 Å². The predicted molar refractivity (Wildman–Crippen MR) is 69.5 cm³/mol. The van der Waals surface area contributed by atoms with Gasteiger partial charge in [-0.2, -0.15) is 0 Å². The van der Waals surface area contributed by atoms with E-state index in [2.05, 4.69) is 26.2 Å². The van der Waals surface area contributed by atoms with Crippen molar-refractivity contribution in [3.05, 3.63) is 22.3 Å². The Morgan fingerprint density at radius 3 is 2.81 bits per heavy atom. The number of nitrogens with zero attached hydrogens (tertiary/aromatic N) is 1. The molecular weight excluding hydrogens is 292 g/mol. The summed E-state index contributed by atoms with van der Waals surface area (Å²) in [7, 11) is -2.92. The molecule has 0 bridgehead atoms. The molecule has 0 saturated carbocycles. The summed E-state index contributed by atoms with van der Waals surface area (Å²) in [5.41, 5.74) is 1.07. The number of hydrogen-bond acceptors (Lipinski definition) is 4. The van der Waals surface area contributed by atoms with Gasteiger partial charge in [0, 0.05) is 18.5 Å². The predicted octanol–water partition coefficient (Wildman–Crippen LogP) is 2.00. The van der Waals surface area contributed by atoms with Crippen molar-refractivity contribution in [2.45, 2.75) is 13.8 Å². The molecule has 1 N–H and O–H groups in total. The minimum atomic E-state index is -2.92. The van der Waals surface area contributed by atoms with Crippen molar-refractivity contribution in [3.63, 3.8) is 0 Å². The van der Waals surface area contributed by atoms with E-state index in [9.17, 15) is 8.42 Å². The Labute approximate surface area is 105 Å². The molecule has 1 aromatic heterocycles. The monoisotopic (exact) mass is 306 g/mol. The molecule has 0 aliphatic carbocycles. The molecule has 1 rings (SSSR count). The first-order valence-corrected chi connectivity index (χ1v) is 7.63. The van der Waals surface area contributed by atoms with Gasteiger partial charge in [0.15, 0.2) is 9.84 Å². The Bertz CT molecular complexity index is 460. The smallest absolute Gasteiger partial charge is 0.151 e. The standard InChI is InChI=1S/C10H15BrN2O2S/c1-3-16(14,15)7-6-13-10-9(11)8(2)4-5-12-10/h4-5H,3,6-7H2,1-2H3,(H,12,13). The fourth-order valence-electron chi connectivity index (χ4n) is 1.13. The third kappa shape index (κ3) is 3.75. The highest BCUT2D eigenvalue weighted by Crippen LogP contribution is 2.22. The molecule has 90 valence electrons. The normalized spacial score (nSPS) is 11.4. The maximum absolute atomic E-state index is 11.3. The summed E-state index contributed by atoms with van der Waals surface area (Å²) >= 11 is 3.40. The second-order valence-electron chi connectivity index (χ2n) is 3.45. The van der Waals surface area contributed by atoms with Crippen molar-refractivity contribution in [2.75, 3.05) is 23.4 Å². The van der Waals surface area contributed by atoms with Gasteiger partial charge in [-0.25, -0.2) is 13.4 Å². The summed E-state index contributed by atoms with van der Waals surface area (Å²) < 4.78 is 23.4. The number of rotatable bonds is 5. The van der Waals surface area contributed by atoms with E-state index in [1.165, 1.54) is 0 Å². The average Bonchev–Trinajstić information content (AvgIpc) is 2.24. The van der Waals surface area contributed by atoms with Crippen LogP contribution in [0.3, 0.4) is 0 Å². The SMILES string of the molecule is CCS(=O)(=O)CCNc1nccc(C)c1Br. The van der Waals surface area contributed by atoms with E-state index in [1.807, 2.05) is 13.0 Å². The first-order chi connectivity index (χ1) is 7.46. The first-order valence-electron chi connectivity index (χ1n) is 5.01. The van der Waals surface area contributed by atoms with Crippen LogP contribution in [-0.2, 0) is 9.84 Å². The maximum atomic E-state index is 11.3. The van der Waals surface area contributed by atoms with Gasteiger partial charge in [0.25, 0.3) is 0 Å². The highest BCUT2D eigenvalue weighted by Gasteiger charge is 2.08. The second-order valence-corrected chi connectivity index (χ2v) is 6.72. The molecule has 0 radical (unpaired) electrons. The quantitative estimate of drug-likeness (QED) is 0.904. The molecular formula is C10H15BrN2O2S. The molecule has 0 aliphatic heterocycles. The van der Waals surface area contributed by atoms with E-state index in [-0.39, 0.29) is 11.5 Å². The van der Waals surface area contributed by atoms with Crippen molar-refractivity contribution < 1.29 is 8.42 Å². The Kier molecular flexibility index (Phi) is 4.73. The highest BCUT2D eigenvalue weighted by molar-refractivity contribution is 9.10. The van der Waals surface area contributed by atoms with Crippen LogP contribution >= 0.6 is 15.9 Å². The van der Waals surface area contributed by atoms with E-state index in [0.29, 0.717) is 12.4 Å². The van der Waals surface area contributed by atoms with Gasteiger partial charge in [-0.05, 0) is 34.5 Å². The lowest BCUT2D eigenvalue weighted by Gasteiger charge is -2.08. The molecule has 0 aromatic carbocycles. The van der Waals surface area contributed by atoms with Gasteiger partial charge in [-0.15, -0.1) is 0 Å². The highest BCUT2D eigenvalue weighted by atomic mass is 79.9. The van der Waals surface area contributed by atoms with E-state index >= 15 is 0 Å². The average molecular weight is 307 g/mol. The van der Waals surface area contributed by atoms with E-state index < -0.39 is 9.84 Å². The molecule has 6 heteroatoms. The maximum Gasteiger partial charge on any atom is 0.151 e. The summed E-state index contributed by atoms with van der Waals surface area (Å²) in [6.07, 6.45) is 1.69. The van der Waals surface area contributed by atoms with Gasteiger partial charge in [0.1, 0.15) is 5.82 Å². The summed E-state index contributed by atoms with van der Waals surface area (Å²) in [5.74, 6) is 0.995.